The number of nitrogens with zero attached hydrogens (tertiary/aromatic N) is 2. The van der Waals surface area contributed by atoms with E-state index in [-0.39, 0.29) is 19.5 Å². The Hall–Kier alpha value is -5.02. The van der Waals surface area contributed by atoms with E-state index < -0.39 is 23.9 Å². The monoisotopic (exact) mass is 579 g/mol. The van der Waals surface area contributed by atoms with E-state index in [2.05, 4.69) is 15.6 Å². The quantitative estimate of drug-likeness (QED) is 0.217. The number of ether oxygens (including phenoxy) is 1. The number of rotatable bonds is 13. The molecule has 9 nitrogen and oxygen atoms in total. The summed E-state index contributed by atoms with van der Waals surface area (Å²) in [5.74, 6) is -0.213. The van der Waals surface area contributed by atoms with Crippen LogP contribution in [0.1, 0.15) is 39.5 Å². The molecule has 43 heavy (non-hydrogen) atoms. The molecule has 4 amide bonds. The number of aromatic nitrogens is 1. The van der Waals surface area contributed by atoms with Gasteiger partial charge >= 0.3 is 6.03 Å². The van der Waals surface area contributed by atoms with Crippen LogP contribution in [-0.4, -0.2) is 46.9 Å². The van der Waals surface area contributed by atoms with Crippen LogP contribution in [0.25, 0.3) is 0 Å². The van der Waals surface area contributed by atoms with Gasteiger partial charge in [0, 0.05) is 44.0 Å². The Morgan fingerprint density at radius 1 is 0.860 bits per heavy atom. The first-order valence-corrected chi connectivity index (χ1v) is 14.3. The van der Waals surface area contributed by atoms with Gasteiger partial charge in [-0.1, -0.05) is 60.7 Å². The predicted molar refractivity (Wildman–Crippen MR) is 165 cm³/mol. The van der Waals surface area contributed by atoms with Crippen molar-refractivity contribution in [2.24, 2.45) is 5.73 Å². The number of urea groups is 1. The zero-order valence-electron chi connectivity index (χ0n) is 24.2. The van der Waals surface area contributed by atoms with Gasteiger partial charge in [-0.2, -0.15) is 0 Å². The highest BCUT2D eigenvalue weighted by Gasteiger charge is 2.30. The number of benzene rings is 3. The van der Waals surface area contributed by atoms with E-state index in [1.54, 1.807) is 42.7 Å². The van der Waals surface area contributed by atoms with Crippen LogP contribution in [0, 0.1) is 0 Å². The van der Waals surface area contributed by atoms with Gasteiger partial charge in [0.15, 0.2) is 0 Å². The number of carbonyl (C=O) groups is 3. The van der Waals surface area contributed by atoms with E-state index in [0.29, 0.717) is 30.9 Å². The molecule has 0 bridgehead atoms. The summed E-state index contributed by atoms with van der Waals surface area (Å²) in [4.78, 5) is 46.2. The first-order valence-electron chi connectivity index (χ1n) is 14.3. The summed E-state index contributed by atoms with van der Waals surface area (Å²) in [6.07, 6.45) is 3.96. The third-order valence-corrected chi connectivity index (χ3v) is 6.87. The number of hydrogen-bond donors (Lipinski definition) is 3. The van der Waals surface area contributed by atoms with E-state index in [1.165, 1.54) is 4.90 Å². The van der Waals surface area contributed by atoms with Crippen molar-refractivity contribution >= 4 is 17.8 Å². The van der Waals surface area contributed by atoms with Gasteiger partial charge in [0.25, 0.3) is 11.8 Å². The first-order chi connectivity index (χ1) is 21.0. The van der Waals surface area contributed by atoms with Gasteiger partial charge < -0.3 is 21.1 Å². The normalized spacial score (nSPS) is 11.3. The lowest BCUT2D eigenvalue weighted by atomic mass is 10.0. The Balaban J connectivity index is 1.58. The molecule has 0 saturated heterocycles. The number of carbonyl (C=O) groups excluding carboxylic acids is 3. The molecule has 0 fully saturated rings. The third kappa shape index (κ3) is 9.24. The maximum Gasteiger partial charge on any atom is 0.324 e. The van der Waals surface area contributed by atoms with Crippen LogP contribution in [0.5, 0.6) is 5.75 Å². The fraction of sp³-hybridized carbons (Fsp3) is 0.235. The molecule has 4 aromatic rings. The Morgan fingerprint density at radius 2 is 1.56 bits per heavy atom. The summed E-state index contributed by atoms with van der Waals surface area (Å²) >= 11 is 0. The number of imide groups is 1. The number of nitrogens with two attached hydrogens (primary N) is 1. The number of pyridine rings is 1. The molecular weight excluding hydrogens is 542 g/mol. The van der Waals surface area contributed by atoms with E-state index in [1.807, 2.05) is 67.6 Å². The van der Waals surface area contributed by atoms with Crippen molar-refractivity contribution in [3.63, 3.8) is 0 Å². The molecule has 0 spiro atoms. The molecule has 222 valence electrons. The van der Waals surface area contributed by atoms with Gasteiger partial charge in [-0.05, 0) is 65.9 Å². The van der Waals surface area contributed by atoms with E-state index >= 15 is 0 Å². The lowest BCUT2D eigenvalue weighted by molar-refractivity contribution is -0.130. The van der Waals surface area contributed by atoms with Crippen LogP contribution in [0.3, 0.4) is 0 Å². The molecule has 4 rings (SSSR count). The molecule has 4 N–H and O–H groups in total. The van der Waals surface area contributed by atoms with Gasteiger partial charge in [0.1, 0.15) is 11.8 Å². The van der Waals surface area contributed by atoms with Gasteiger partial charge in [-0.3, -0.25) is 19.5 Å². The fourth-order valence-corrected chi connectivity index (χ4v) is 4.51. The summed E-state index contributed by atoms with van der Waals surface area (Å²) in [6.45, 7) is 3.19. The molecule has 1 heterocycles. The van der Waals surface area contributed by atoms with E-state index in [0.717, 1.165) is 22.3 Å². The second-order valence-electron chi connectivity index (χ2n) is 9.95. The smallest absolute Gasteiger partial charge is 0.324 e. The number of hydrogen-bond acceptors (Lipinski definition) is 6. The molecule has 0 radical (unpaired) electrons. The minimum Gasteiger partial charge on any atom is -0.494 e. The highest BCUT2D eigenvalue weighted by atomic mass is 16.5. The summed E-state index contributed by atoms with van der Waals surface area (Å²) in [6, 6.07) is 25.7. The van der Waals surface area contributed by atoms with Gasteiger partial charge in [0.05, 0.1) is 6.61 Å². The van der Waals surface area contributed by atoms with Crippen molar-refractivity contribution in [2.75, 3.05) is 13.2 Å². The summed E-state index contributed by atoms with van der Waals surface area (Å²) in [7, 11) is 0. The number of amides is 4. The standard InChI is InChI=1S/C34H37N5O4/c1-2-43-30-16-14-25(15-17-30)21-31(38-32(40)29-8-4-3-5-9-29)33(41)39(20-18-27-7-6-19-36-23-27)34(42)37-24-28-12-10-26(22-35)11-13-28/h3-17,19,23,31H,2,18,20-22,24,35H2,1H3,(H,37,42)(H,38,40)/t31-/m1/s1. The van der Waals surface area contributed by atoms with Crippen LogP contribution in [-0.2, 0) is 30.7 Å². The Labute approximate surface area is 252 Å². The fourth-order valence-electron chi connectivity index (χ4n) is 4.51. The molecule has 1 atom stereocenters. The molecule has 0 aliphatic carbocycles. The molecule has 0 aliphatic heterocycles. The van der Waals surface area contributed by atoms with Crippen molar-refractivity contribution in [1.82, 2.24) is 20.5 Å². The van der Waals surface area contributed by atoms with Gasteiger partial charge in [0.2, 0.25) is 0 Å². The summed E-state index contributed by atoms with van der Waals surface area (Å²) in [5.41, 5.74) is 9.65. The SMILES string of the molecule is CCOc1ccc(C[C@@H](NC(=O)c2ccccc2)C(=O)N(CCc2cccnc2)C(=O)NCc2ccc(CN)cc2)cc1. The number of nitrogens with one attached hydrogen (secondary N) is 2. The molecular formula is C34H37N5O4. The molecule has 1 aromatic heterocycles. The molecule has 0 aliphatic rings. The van der Waals surface area contributed by atoms with Crippen LogP contribution >= 0.6 is 0 Å². The highest BCUT2D eigenvalue weighted by Crippen LogP contribution is 2.15. The Morgan fingerprint density at radius 3 is 2.21 bits per heavy atom. The van der Waals surface area contributed by atoms with Gasteiger partial charge in [-0.15, -0.1) is 0 Å². The minimum absolute atomic E-state index is 0.101. The van der Waals surface area contributed by atoms with Crippen LogP contribution in [0.15, 0.2) is 103 Å². The highest BCUT2D eigenvalue weighted by molar-refractivity contribution is 6.01. The van der Waals surface area contributed by atoms with Crippen molar-refractivity contribution in [3.8, 4) is 5.75 Å². The van der Waals surface area contributed by atoms with Crippen LogP contribution < -0.4 is 21.1 Å². The lowest BCUT2D eigenvalue weighted by Crippen LogP contribution is -2.54. The topological polar surface area (TPSA) is 127 Å². The maximum absolute atomic E-state index is 14.1. The lowest BCUT2D eigenvalue weighted by Gasteiger charge is -2.27. The Kier molecular flexibility index (Phi) is 11.4. The van der Waals surface area contributed by atoms with E-state index in [9.17, 15) is 14.4 Å². The summed E-state index contributed by atoms with van der Waals surface area (Å²) < 4.78 is 5.55. The first kappa shape index (κ1) is 30.9. The third-order valence-electron chi connectivity index (χ3n) is 6.87. The van der Waals surface area contributed by atoms with Crippen LogP contribution in [0.2, 0.25) is 0 Å². The molecule has 9 heteroatoms. The molecule has 0 unspecified atom stereocenters. The van der Waals surface area contributed by atoms with Gasteiger partial charge in [-0.25, -0.2) is 4.79 Å². The van der Waals surface area contributed by atoms with Crippen LogP contribution in [0.4, 0.5) is 4.79 Å². The molecule has 0 saturated carbocycles. The molecule has 3 aromatic carbocycles. The second-order valence-corrected chi connectivity index (χ2v) is 9.95. The van der Waals surface area contributed by atoms with Crippen molar-refractivity contribution < 1.29 is 19.1 Å². The van der Waals surface area contributed by atoms with Crippen molar-refractivity contribution in [2.45, 2.75) is 38.9 Å². The average Bonchev–Trinajstić information content (AvgIpc) is 3.05. The van der Waals surface area contributed by atoms with Crippen molar-refractivity contribution in [1.29, 1.82) is 0 Å². The van der Waals surface area contributed by atoms with E-state index in [4.69, 9.17) is 10.5 Å². The second kappa shape index (κ2) is 15.8. The van der Waals surface area contributed by atoms with Crippen molar-refractivity contribution in [3.05, 3.63) is 131 Å². The Bertz CT molecular complexity index is 1460. The zero-order chi connectivity index (χ0) is 30.4. The average molecular weight is 580 g/mol. The summed E-state index contributed by atoms with van der Waals surface area (Å²) in [5, 5.41) is 5.74. The minimum atomic E-state index is -1.01. The predicted octanol–water partition coefficient (Wildman–Crippen LogP) is 4.26. The zero-order valence-corrected chi connectivity index (χ0v) is 24.2. The maximum atomic E-state index is 14.1. The largest absolute Gasteiger partial charge is 0.494 e.